The van der Waals surface area contributed by atoms with E-state index in [4.69, 9.17) is 9.84 Å². The van der Waals surface area contributed by atoms with Gasteiger partial charge in [-0.25, -0.2) is 9.18 Å². The molecule has 7 heteroatoms. The fourth-order valence-electron chi connectivity index (χ4n) is 1.60. The second kappa shape index (κ2) is 4.58. The summed E-state index contributed by atoms with van der Waals surface area (Å²) in [6, 6.07) is 3.59. The molecule has 0 unspecified atom stereocenters. The number of hydrogen-bond donors (Lipinski definition) is 1. The van der Waals surface area contributed by atoms with Crippen molar-refractivity contribution in [3.8, 4) is 10.9 Å². The van der Waals surface area contributed by atoms with Crippen molar-refractivity contribution >= 4 is 17.5 Å². The van der Waals surface area contributed by atoms with Crippen molar-refractivity contribution < 1.29 is 19.0 Å². The van der Waals surface area contributed by atoms with Gasteiger partial charge in [-0.3, -0.25) is 0 Å². The number of halogens is 1. The summed E-state index contributed by atoms with van der Waals surface area (Å²) in [5.74, 6) is -0.740. The molecule has 0 bridgehead atoms. The maximum absolute atomic E-state index is 13.5. The van der Waals surface area contributed by atoms with Crippen molar-refractivity contribution in [2.75, 3.05) is 0 Å². The van der Waals surface area contributed by atoms with Crippen LogP contribution in [0, 0.1) is 5.82 Å². The van der Waals surface area contributed by atoms with Crippen LogP contribution in [0.4, 0.5) is 4.39 Å². The van der Waals surface area contributed by atoms with Crippen LogP contribution < -0.4 is 4.74 Å². The van der Waals surface area contributed by atoms with Gasteiger partial charge in [-0.2, -0.15) is 9.36 Å². The molecular weight excluding hydrogens is 271 g/mol. The highest BCUT2D eigenvalue weighted by molar-refractivity contribution is 7.07. The summed E-state index contributed by atoms with van der Waals surface area (Å²) < 4.78 is 23.0. The Bertz CT molecular complexity index is 640. The summed E-state index contributed by atoms with van der Waals surface area (Å²) in [6.45, 7) is 0. The van der Waals surface area contributed by atoms with E-state index in [9.17, 15) is 9.18 Å². The molecule has 1 fully saturated rings. The van der Waals surface area contributed by atoms with Crippen LogP contribution >= 0.6 is 11.5 Å². The Morgan fingerprint density at radius 1 is 1.47 bits per heavy atom. The lowest BCUT2D eigenvalue weighted by Crippen LogP contribution is -2.00. The fraction of sp³-hybridized carbons (Fsp3) is 0.250. The zero-order valence-corrected chi connectivity index (χ0v) is 10.5. The zero-order valence-electron chi connectivity index (χ0n) is 9.67. The number of aromatic nitrogens is 2. The lowest BCUT2D eigenvalue weighted by atomic mass is 10.2. The van der Waals surface area contributed by atoms with Crippen molar-refractivity contribution in [1.29, 1.82) is 0 Å². The van der Waals surface area contributed by atoms with Crippen LogP contribution in [0.1, 0.15) is 34.9 Å². The highest BCUT2D eigenvalue weighted by atomic mass is 32.1. The first-order chi connectivity index (χ1) is 9.13. The van der Waals surface area contributed by atoms with Crippen molar-refractivity contribution in [3.63, 3.8) is 0 Å². The third-order valence-electron chi connectivity index (χ3n) is 2.74. The second-order valence-electron chi connectivity index (χ2n) is 4.24. The van der Waals surface area contributed by atoms with Crippen LogP contribution in [0.15, 0.2) is 18.2 Å². The van der Waals surface area contributed by atoms with E-state index >= 15 is 0 Å². The molecule has 3 rings (SSSR count). The number of carboxylic acid groups (broad SMARTS) is 1. The van der Waals surface area contributed by atoms with Gasteiger partial charge in [0.2, 0.25) is 0 Å². The van der Waals surface area contributed by atoms with E-state index in [2.05, 4.69) is 9.36 Å². The normalized spacial score (nSPS) is 14.4. The molecule has 1 aliphatic rings. The molecule has 1 aromatic heterocycles. The minimum absolute atomic E-state index is 0.209. The minimum Gasteiger partial charge on any atom is -0.478 e. The van der Waals surface area contributed by atoms with Gasteiger partial charge in [-0.15, -0.1) is 0 Å². The third kappa shape index (κ3) is 2.55. The molecule has 0 radical (unpaired) electrons. The van der Waals surface area contributed by atoms with E-state index in [1.54, 1.807) is 0 Å². The van der Waals surface area contributed by atoms with Gasteiger partial charge in [0.05, 0.1) is 5.56 Å². The smallest absolute Gasteiger partial charge is 0.338 e. The quantitative estimate of drug-likeness (QED) is 0.931. The molecule has 2 aromatic rings. The molecular formula is C12H9FN2O3S. The number of benzene rings is 1. The Kier molecular flexibility index (Phi) is 2.90. The summed E-state index contributed by atoms with van der Waals surface area (Å²) in [6.07, 6.45) is 2.19. The molecule has 1 saturated carbocycles. The van der Waals surface area contributed by atoms with E-state index < -0.39 is 11.8 Å². The van der Waals surface area contributed by atoms with Gasteiger partial charge >= 0.3 is 5.97 Å². The molecule has 0 amide bonds. The molecule has 1 aliphatic carbocycles. The summed E-state index contributed by atoms with van der Waals surface area (Å²) in [5, 5.41) is 9.05. The van der Waals surface area contributed by atoms with Gasteiger partial charge in [-0.1, -0.05) is 0 Å². The van der Waals surface area contributed by atoms with Crippen molar-refractivity contribution in [3.05, 3.63) is 35.4 Å². The highest BCUT2D eigenvalue weighted by Crippen LogP contribution is 2.40. The van der Waals surface area contributed by atoms with Crippen molar-refractivity contribution in [2.24, 2.45) is 0 Å². The Balaban J connectivity index is 1.78. The third-order valence-corrected chi connectivity index (χ3v) is 3.35. The molecule has 1 heterocycles. The summed E-state index contributed by atoms with van der Waals surface area (Å²) in [4.78, 5) is 14.9. The monoisotopic (exact) mass is 280 g/mol. The van der Waals surface area contributed by atoms with Gasteiger partial charge in [0.15, 0.2) is 0 Å². The molecule has 1 aromatic carbocycles. The standard InChI is InChI=1S/C12H9FN2O3S/c13-9-5-7(3-4-8(9)11(16)17)18-12-14-10(15-19-12)6-1-2-6/h3-6H,1-2H2,(H,16,17). The number of rotatable bonds is 4. The summed E-state index contributed by atoms with van der Waals surface area (Å²) in [5.41, 5.74) is -0.386. The van der Waals surface area contributed by atoms with E-state index in [0.29, 0.717) is 11.1 Å². The van der Waals surface area contributed by atoms with Crippen LogP contribution in [0.2, 0.25) is 0 Å². The van der Waals surface area contributed by atoms with Gasteiger partial charge in [0.1, 0.15) is 17.4 Å². The number of carboxylic acids is 1. The van der Waals surface area contributed by atoms with Gasteiger partial charge in [-0.05, 0) is 25.0 Å². The van der Waals surface area contributed by atoms with Crippen LogP contribution in [0.3, 0.4) is 0 Å². The molecule has 1 N–H and O–H groups in total. The Morgan fingerprint density at radius 2 is 2.26 bits per heavy atom. The maximum atomic E-state index is 13.5. The summed E-state index contributed by atoms with van der Waals surface area (Å²) >= 11 is 1.11. The summed E-state index contributed by atoms with van der Waals surface area (Å²) in [7, 11) is 0. The topological polar surface area (TPSA) is 72.3 Å². The van der Waals surface area contributed by atoms with E-state index in [1.807, 2.05) is 0 Å². The molecule has 0 atom stereocenters. The maximum Gasteiger partial charge on any atom is 0.338 e. The molecule has 0 saturated heterocycles. The average molecular weight is 280 g/mol. The number of carbonyl (C=O) groups is 1. The van der Waals surface area contributed by atoms with E-state index in [-0.39, 0.29) is 11.3 Å². The van der Waals surface area contributed by atoms with Crippen LogP contribution in [0.5, 0.6) is 10.9 Å². The lowest BCUT2D eigenvalue weighted by Gasteiger charge is -2.02. The van der Waals surface area contributed by atoms with E-state index in [1.165, 1.54) is 6.07 Å². The predicted octanol–water partition coefficient (Wildman–Crippen LogP) is 3.05. The fourth-order valence-corrected chi connectivity index (χ4v) is 2.23. The average Bonchev–Trinajstić information content (AvgIpc) is 3.10. The Morgan fingerprint density at radius 3 is 2.89 bits per heavy atom. The molecule has 19 heavy (non-hydrogen) atoms. The molecule has 0 spiro atoms. The van der Waals surface area contributed by atoms with Gasteiger partial charge in [0, 0.05) is 23.5 Å². The Labute approximate surface area is 111 Å². The first-order valence-electron chi connectivity index (χ1n) is 5.68. The second-order valence-corrected chi connectivity index (χ2v) is 4.96. The van der Waals surface area contributed by atoms with Gasteiger partial charge < -0.3 is 9.84 Å². The van der Waals surface area contributed by atoms with E-state index in [0.717, 1.165) is 42.3 Å². The minimum atomic E-state index is -1.31. The predicted molar refractivity (Wildman–Crippen MR) is 65.3 cm³/mol. The van der Waals surface area contributed by atoms with Crippen molar-refractivity contribution in [2.45, 2.75) is 18.8 Å². The number of nitrogens with zero attached hydrogens (tertiary/aromatic N) is 2. The van der Waals surface area contributed by atoms with Crippen molar-refractivity contribution in [1.82, 2.24) is 9.36 Å². The van der Waals surface area contributed by atoms with Crippen LogP contribution in [0.25, 0.3) is 0 Å². The first-order valence-corrected chi connectivity index (χ1v) is 6.45. The SMILES string of the molecule is O=C(O)c1ccc(Oc2nc(C3CC3)ns2)cc1F. The van der Waals surface area contributed by atoms with Gasteiger partial charge in [0.25, 0.3) is 5.19 Å². The number of hydrogen-bond acceptors (Lipinski definition) is 5. The molecule has 98 valence electrons. The first kappa shape index (κ1) is 12.0. The zero-order chi connectivity index (χ0) is 13.4. The largest absolute Gasteiger partial charge is 0.478 e. The highest BCUT2D eigenvalue weighted by Gasteiger charge is 2.28. The molecule has 0 aliphatic heterocycles. The molecule has 5 nitrogen and oxygen atoms in total. The number of ether oxygens (including phenoxy) is 1. The van der Waals surface area contributed by atoms with Crippen LogP contribution in [-0.4, -0.2) is 20.4 Å². The Hall–Kier alpha value is -2.02. The number of aromatic carboxylic acids is 1. The van der Waals surface area contributed by atoms with Crippen LogP contribution in [-0.2, 0) is 0 Å². The lowest BCUT2D eigenvalue weighted by molar-refractivity contribution is 0.0692.